The van der Waals surface area contributed by atoms with Crippen molar-refractivity contribution >= 4 is 48.9 Å². The zero-order valence-corrected chi connectivity index (χ0v) is 18.6. The van der Waals surface area contributed by atoms with E-state index in [1.54, 1.807) is 29.8 Å². The summed E-state index contributed by atoms with van der Waals surface area (Å²) in [5, 5.41) is 2.74. The quantitative estimate of drug-likeness (QED) is 0.670. The van der Waals surface area contributed by atoms with E-state index >= 15 is 0 Å². The Kier molecular flexibility index (Phi) is 5.55. The first-order valence-corrected chi connectivity index (χ1v) is 11.6. The molecule has 0 radical (unpaired) electrons. The molecule has 3 rings (SSSR count). The number of sulfonamides is 1. The van der Waals surface area contributed by atoms with Crippen LogP contribution in [0.25, 0.3) is 10.2 Å². The molecule has 0 aliphatic heterocycles. The fraction of sp³-hybridized carbons (Fsp3) is 0.300. The maximum absolute atomic E-state index is 12.7. The lowest BCUT2D eigenvalue weighted by atomic mass is 10.1. The molecule has 0 saturated carbocycles. The van der Waals surface area contributed by atoms with Gasteiger partial charge < -0.3 is 9.88 Å². The molecule has 0 aliphatic carbocycles. The van der Waals surface area contributed by atoms with Crippen LogP contribution < -0.4 is 14.5 Å². The minimum Gasteiger partial charge on any atom is -0.324 e. The van der Waals surface area contributed by atoms with Gasteiger partial charge in [-0.1, -0.05) is 29.0 Å². The lowest BCUT2D eigenvalue weighted by molar-refractivity contribution is -0.114. The maximum atomic E-state index is 12.7. The van der Waals surface area contributed by atoms with Gasteiger partial charge in [0.15, 0.2) is 0 Å². The Morgan fingerprint density at radius 2 is 1.76 bits per heavy atom. The molecule has 1 amide bonds. The molecule has 0 fully saturated rings. The number of hydrogen-bond donors (Lipinski definition) is 1. The number of rotatable bonds is 5. The number of benzene rings is 2. The predicted octanol–water partition coefficient (Wildman–Crippen LogP) is 2.93. The smallest absolute Gasteiger partial charge is 0.307 e. The topological polar surface area (TPSA) is 88.5 Å². The van der Waals surface area contributed by atoms with Crippen molar-refractivity contribution in [2.45, 2.75) is 20.8 Å². The van der Waals surface area contributed by atoms with E-state index in [4.69, 9.17) is 0 Å². The highest BCUT2D eigenvalue weighted by molar-refractivity contribution is 7.92. The Balaban J connectivity index is 1.89. The molecule has 0 atom stereocenters. The Hall–Kier alpha value is -2.65. The zero-order valence-electron chi connectivity index (χ0n) is 16.9. The van der Waals surface area contributed by atoms with Crippen LogP contribution in [0.2, 0.25) is 0 Å². The molecular formula is C20H23N3O4S2. The summed E-state index contributed by atoms with van der Waals surface area (Å²) in [7, 11) is -1.98. The third-order valence-corrected chi connectivity index (χ3v) is 6.76. The van der Waals surface area contributed by atoms with Gasteiger partial charge in [0.05, 0.1) is 22.2 Å². The highest BCUT2D eigenvalue weighted by atomic mass is 32.2. The molecule has 1 N–H and O–H groups in total. The van der Waals surface area contributed by atoms with E-state index in [1.807, 2.05) is 32.9 Å². The molecule has 0 bridgehead atoms. The summed E-state index contributed by atoms with van der Waals surface area (Å²) >= 11 is 1.09. The minimum atomic E-state index is -3.67. The van der Waals surface area contributed by atoms with Gasteiger partial charge in [-0.2, -0.15) is 0 Å². The summed E-state index contributed by atoms with van der Waals surface area (Å²) in [5.41, 5.74) is 4.41. The van der Waals surface area contributed by atoms with Crippen LogP contribution in [0.1, 0.15) is 16.7 Å². The lowest BCUT2D eigenvalue weighted by Gasteiger charge is -2.26. The molecule has 7 nitrogen and oxygen atoms in total. The molecule has 0 unspecified atom stereocenters. The molecule has 154 valence electrons. The van der Waals surface area contributed by atoms with Gasteiger partial charge >= 0.3 is 4.87 Å². The minimum absolute atomic E-state index is 0.0861. The van der Waals surface area contributed by atoms with Gasteiger partial charge in [-0.15, -0.1) is 0 Å². The van der Waals surface area contributed by atoms with Gasteiger partial charge in [0, 0.05) is 12.7 Å². The number of aryl methyl sites for hydroxylation is 4. The van der Waals surface area contributed by atoms with Gasteiger partial charge in [-0.05, 0) is 50.1 Å². The van der Waals surface area contributed by atoms with Gasteiger partial charge in [0.2, 0.25) is 15.9 Å². The maximum Gasteiger partial charge on any atom is 0.307 e. The first kappa shape index (κ1) is 21.1. The summed E-state index contributed by atoms with van der Waals surface area (Å²) in [4.78, 5) is 24.4. The van der Waals surface area contributed by atoms with E-state index in [1.165, 1.54) is 0 Å². The first-order valence-electron chi connectivity index (χ1n) is 8.92. The lowest BCUT2D eigenvalue weighted by Crippen LogP contribution is -2.38. The fourth-order valence-electron chi connectivity index (χ4n) is 3.47. The average Bonchev–Trinajstić information content (AvgIpc) is 2.86. The number of aromatic nitrogens is 1. The highest BCUT2D eigenvalue weighted by Gasteiger charge is 2.24. The number of amides is 1. The summed E-state index contributed by atoms with van der Waals surface area (Å²) in [6.45, 7) is 5.26. The van der Waals surface area contributed by atoms with Crippen molar-refractivity contribution < 1.29 is 13.2 Å². The molecular weight excluding hydrogens is 410 g/mol. The summed E-state index contributed by atoms with van der Waals surface area (Å²) in [5.74, 6) is -0.461. The third kappa shape index (κ3) is 4.35. The van der Waals surface area contributed by atoms with Crippen molar-refractivity contribution in [1.82, 2.24) is 4.57 Å². The highest BCUT2D eigenvalue weighted by Crippen LogP contribution is 2.28. The summed E-state index contributed by atoms with van der Waals surface area (Å²) in [6, 6.07) is 8.95. The van der Waals surface area contributed by atoms with E-state index in [0.717, 1.165) is 48.8 Å². The molecule has 2 aromatic carbocycles. The van der Waals surface area contributed by atoms with E-state index < -0.39 is 15.9 Å². The second-order valence-corrected chi connectivity index (χ2v) is 10.1. The molecule has 0 spiro atoms. The van der Waals surface area contributed by atoms with Crippen molar-refractivity contribution in [3.8, 4) is 0 Å². The number of fused-ring (bicyclic) bond motifs is 1. The Morgan fingerprint density at radius 1 is 1.14 bits per heavy atom. The molecule has 9 heteroatoms. The van der Waals surface area contributed by atoms with Crippen LogP contribution in [0, 0.1) is 20.8 Å². The summed E-state index contributed by atoms with van der Waals surface area (Å²) in [6.07, 6.45) is 1.09. The third-order valence-electron chi connectivity index (χ3n) is 4.65. The number of carbonyl (C=O) groups excluding carboxylic acids is 1. The normalized spacial score (nSPS) is 11.6. The van der Waals surface area contributed by atoms with Gasteiger partial charge in [-0.3, -0.25) is 13.9 Å². The van der Waals surface area contributed by atoms with Crippen molar-refractivity contribution in [3.63, 3.8) is 0 Å². The molecule has 0 aliphatic rings. The van der Waals surface area contributed by atoms with Gasteiger partial charge in [0.1, 0.15) is 6.54 Å². The molecule has 3 aromatic rings. The second-order valence-electron chi connectivity index (χ2n) is 7.17. The van der Waals surface area contributed by atoms with Crippen LogP contribution in [0.5, 0.6) is 0 Å². The zero-order chi connectivity index (χ0) is 21.5. The van der Waals surface area contributed by atoms with Crippen LogP contribution >= 0.6 is 11.3 Å². The fourth-order valence-corrected chi connectivity index (χ4v) is 5.36. The Morgan fingerprint density at radius 3 is 2.34 bits per heavy atom. The number of nitrogens with zero attached hydrogens (tertiary/aromatic N) is 2. The van der Waals surface area contributed by atoms with Crippen molar-refractivity contribution in [2.75, 3.05) is 22.4 Å². The molecule has 29 heavy (non-hydrogen) atoms. The monoisotopic (exact) mass is 433 g/mol. The van der Waals surface area contributed by atoms with Crippen LogP contribution in [0.4, 0.5) is 11.4 Å². The predicted molar refractivity (Wildman–Crippen MR) is 119 cm³/mol. The molecule has 1 aromatic heterocycles. The number of hydrogen-bond acceptors (Lipinski definition) is 5. The average molecular weight is 434 g/mol. The van der Waals surface area contributed by atoms with Crippen molar-refractivity contribution in [1.29, 1.82) is 0 Å². The van der Waals surface area contributed by atoms with Crippen molar-refractivity contribution in [2.24, 2.45) is 7.05 Å². The van der Waals surface area contributed by atoms with Crippen LogP contribution in [-0.4, -0.2) is 31.7 Å². The van der Waals surface area contributed by atoms with E-state index in [9.17, 15) is 18.0 Å². The van der Waals surface area contributed by atoms with Crippen molar-refractivity contribution in [3.05, 3.63) is 56.7 Å². The first-order chi connectivity index (χ1) is 13.5. The number of carbonyl (C=O) groups is 1. The Bertz CT molecular complexity index is 1250. The van der Waals surface area contributed by atoms with E-state index in [0.29, 0.717) is 11.4 Å². The second kappa shape index (κ2) is 7.64. The number of anilines is 2. The molecule has 1 heterocycles. The van der Waals surface area contributed by atoms with E-state index in [-0.39, 0.29) is 11.4 Å². The number of nitrogens with one attached hydrogen (secondary N) is 1. The van der Waals surface area contributed by atoms with Crippen LogP contribution in [0.3, 0.4) is 0 Å². The van der Waals surface area contributed by atoms with Gasteiger partial charge in [0.25, 0.3) is 0 Å². The largest absolute Gasteiger partial charge is 0.324 e. The standard InChI is InChI=1S/C20H23N3O4S2/c1-12-8-13(2)19(14(3)9-12)23(29(5,26)27)11-18(24)21-15-6-7-16-17(10-15)28-20(25)22(16)4/h6-10H,11H2,1-5H3,(H,21,24). The van der Waals surface area contributed by atoms with Crippen LogP contribution in [-0.2, 0) is 21.9 Å². The molecule has 0 saturated heterocycles. The van der Waals surface area contributed by atoms with Gasteiger partial charge in [-0.25, -0.2) is 8.42 Å². The SMILES string of the molecule is Cc1cc(C)c(N(CC(=O)Nc2ccc3c(c2)sc(=O)n3C)S(C)(=O)=O)c(C)c1. The Labute approximate surface area is 173 Å². The van der Waals surface area contributed by atoms with Crippen LogP contribution in [0.15, 0.2) is 35.1 Å². The number of thiazole rings is 1. The summed E-state index contributed by atoms with van der Waals surface area (Å²) < 4.78 is 28.3. The van der Waals surface area contributed by atoms with E-state index in [2.05, 4.69) is 5.32 Å².